The van der Waals surface area contributed by atoms with Crippen molar-refractivity contribution in [3.8, 4) is 0 Å². The van der Waals surface area contributed by atoms with Crippen LogP contribution in [-0.2, 0) is 17.1 Å². The maximum absolute atomic E-state index is 11.9. The highest BCUT2D eigenvalue weighted by molar-refractivity contribution is 7.92. The summed E-state index contributed by atoms with van der Waals surface area (Å²) in [5.41, 5.74) is 0.522. The molecular formula is C11H20N4O2S. The van der Waals surface area contributed by atoms with Crippen LogP contribution in [0.2, 0.25) is 0 Å². The van der Waals surface area contributed by atoms with E-state index in [9.17, 15) is 8.42 Å². The third-order valence-corrected chi connectivity index (χ3v) is 4.45. The second-order valence-corrected chi connectivity index (χ2v) is 6.60. The minimum atomic E-state index is -3.26. The van der Waals surface area contributed by atoms with Crippen molar-refractivity contribution in [1.29, 1.82) is 0 Å². The molecule has 0 amide bonds. The zero-order chi connectivity index (χ0) is 13.0. The fourth-order valence-corrected chi connectivity index (χ4v) is 3.33. The molecule has 0 radical (unpaired) electrons. The van der Waals surface area contributed by atoms with Gasteiger partial charge in [0.1, 0.15) is 0 Å². The Morgan fingerprint density at radius 3 is 3.00 bits per heavy atom. The predicted octanol–water partition coefficient (Wildman–Crippen LogP) is 0.694. The summed E-state index contributed by atoms with van der Waals surface area (Å²) in [5, 5.41) is 7.28. The zero-order valence-electron chi connectivity index (χ0n) is 10.6. The second kappa shape index (κ2) is 5.71. The SMILES string of the molecule is Cn1cc(NS(=O)(=O)CCC2CCCCN2)cn1. The number of nitrogens with one attached hydrogen (secondary N) is 2. The molecule has 1 fully saturated rings. The molecule has 6 nitrogen and oxygen atoms in total. The lowest BCUT2D eigenvalue weighted by Crippen LogP contribution is -2.36. The highest BCUT2D eigenvalue weighted by Crippen LogP contribution is 2.13. The molecule has 0 aromatic carbocycles. The monoisotopic (exact) mass is 272 g/mol. The number of hydrogen-bond acceptors (Lipinski definition) is 4. The van der Waals surface area contributed by atoms with E-state index in [0.29, 0.717) is 18.2 Å². The first kappa shape index (κ1) is 13.4. The lowest BCUT2D eigenvalue weighted by atomic mass is 10.0. The molecule has 0 aliphatic carbocycles. The van der Waals surface area contributed by atoms with E-state index in [1.165, 1.54) is 19.0 Å². The van der Waals surface area contributed by atoms with E-state index in [0.717, 1.165) is 13.0 Å². The molecule has 0 saturated carbocycles. The summed E-state index contributed by atoms with van der Waals surface area (Å²) in [7, 11) is -1.51. The number of anilines is 1. The number of hydrogen-bond donors (Lipinski definition) is 2. The van der Waals surface area contributed by atoms with Crippen LogP contribution in [-0.4, -0.2) is 36.5 Å². The number of aryl methyl sites for hydroxylation is 1. The van der Waals surface area contributed by atoms with Gasteiger partial charge in [-0.25, -0.2) is 8.42 Å². The summed E-state index contributed by atoms with van der Waals surface area (Å²) in [6.07, 6.45) is 7.27. The molecule has 2 N–H and O–H groups in total. The van der Waals surface area contributed by atoms with Gasteiger partial charge in [-0.05, 0) is 25.8 Å². The van der Waals surface area contributed by atoms with Crippen molar-refractivity contribution in [3.63, 3.8) is 0 Å². The molecule has 2 rings (SSSR count). The Morgan fingerprint density at radius 2 is 2.39 bits per heavy atom. The van der Waals surface area contributed by atoms with Gasteiger partial charge in [0.05, 0.1) is 17.6 Å². The molecule has 7 heteroatoms. The molecule has 102 valence electrons. The number of nitrogens with zero attached hydrogens (tertiary/aromatic N) is 2. The summed E-state index contributed by atoms with van der Waals surface area (Å²) in [5.74, 6) is 0.152. The highest BCUT2D eigenvalue weighted by atomic mass is 32.2. The van der Waals surface area contributed by atoms with Gasteiger partial charge < -0.3 is 5.32 Å². The first-order valence-corrected chi connectivity index (χ1v) is 7.93. The lowest BCUT2D eigenvalue weighted by molar-refractivity contribution is 0.393. The highest BCUT2D eigenvalue weighted by Gasteiger charge is 2.17. The third kappa shape index (κ3) is 3.99. The van der Waals surface area contributed by atoms with Crippen LogP contribution in [0.15, 0.2) is 12.4 Å². The minimum absolute atomic E-state index is 0.152. The van der Waals surface area contributed by atoms with E-state index >= 15 is 0 Å². The van der Waals surface area contributed by atoms with Crippen molar-refractivity contribution in [1.82, 2.24) is 15.1 Å². The molecule has 1 aliphatic rings. The minimum Gasteiger partial charge on any atom is -0.314 e. The summed E-state index contributed by atoms with van der Waals surface area (Å²) < 4.78 is 27.9. The molecular weight excluding hydrogens is 252 g/mol. The average Bonchev–Trinajstić information content (AvgIpc) is 2.73. The van der Waals surface area contributed by atoms with Gasteiger partial charge in [-0.15, -0.1) is 0 Å². The van der Waals surface area contributed by atoms with Crippen molar-refractivity contribution < 1.29 is 8.42 Å². The van der Waals surface area contributed by atoms with E-state index < -0.39 is 10.0 Å². The molecule has 2 heterocycles. The van der Waals surface area contributed by atoms with Crippen molar-refractivity contribution in [3.05, 3.63) is 12.4 Å². The van der Waals surface area contributed by atoms with Crippen molar-refractivity contribution in [2.45, 2.75) is 31.7 Å². The standard InChI is InChI=1S/C11H20N4O2S/c1-15-9-11(8-13-15)14-18(16,17)7-5-10-4-2-3-6-12-10/h8-10,12,14H,2-7H2,1H3. The number of rotatable bonds is 5. The van der Waals surface area contributed by atoms with Gasteiger partial charge in [0, 0.05) is 19.3 Å². The van der Waals surface area contributed by atoms with E-state index in [2.05, 4.69) is 15.1 Å². The smallest absolute Gasteiger partial charge is 0.232 e. The zero-order valence-corrected chi connectivity index (χ0v) is 11.4. The quantitative estimate of drug-likeness (QED) is 0.827. The summed E-state index contributed by atoms with van der Waals surface area (Å²) in [6, 6.07) is 0.337. The Bertz CT molecular complexity index is 477. The molecule has 1 aromatic rings. The Labute approximate surface area is 108 Å². The summed E-state index contributed by atoms with van der Waals surface area (Å²) in [4.78, 5) is 0. The number of aromatic nitrogens is 2. The van der Waals surface area contributed by atoms with Gasteiger partial charge >= 0.3 is 0 Å². The lowest BCUT2D eigenvalue weighted by Gasteiger charge is -2.23. The van der Waals surface area contributed by atoms with E-state index in [1.807, 2.05) is 0 Å². The average molecular weight is 272 g/mol. The van der Waals surface area contributed by atoms with Gasteiger partial charge in [0.15, 0.2) is 0 Å². The van der Waals surface area contributed by atoms with Gasteiger partial charge in [0.2, 0.25) is 10.0 Å². The Balaban J connectivity index is 1.83. The molecule has 1 atom stereocenters. The molecule has 1 unspecified atom stereocenters. The topological polar surface area (TPSA) is 76.0 Å². The molecule has 1 saturated heterocycles. The van der Waals surface area contributed by atoms with Gasteiger partial charge in [-0.2, -0.15) is 5.10 Å². The third-order valence-electron chi connectivity index (χ3n) is 3.13. The second-order valence-electron chi connectivity index (χ2n) is 4.76. The fourth-order valence-electron chi connectivity index (χ4n) is 2.17. The van der Waals surface area contributed by atoms with E-state index in [4.69, 9.17) is 0 Å². The van der Waals surface area contributed by atoms with Crippen molar-refractivity contribution >= 4 is 15.7 Å². The summed E-state index contributed by atoms with van der Waals surface area (Å²) >= 11 is 0. The van der Waals surface area contributed by atoms with E-state index in [-0.39, 0.29) is 5.75 Å². The van der Waals surface area contributed by atoms with Gasteiger partial charge in [0.25, 0.3) is 0 Å². The van der Waals surface area contributed by atoms with Crippen LogP contribution in [0.4, 0.5) is 5.69 Å². The number of sulfonamides is 1. The Kier molecular flexibility index (Phi) is 4.23. The van der Waals surface area contributed by atoms with Crippen molar-refractivity contribution in [2.24, 2.45) is 7.05 Å². The van der Waals surface area contributed by atoms with Gasteiger partial charge in [-0.1, -0.05) is 6.42 Å². The Morgan fingerprint density at radius 1 is 1.56 bits per heavy atom. The van der Waals surface area contributed by atoms with Crippen LogP contribution >= 0.6 is 0 Å². The maximum atomic E-state index is 11.9. The molecule has 1 aromatic heterocycles. The van der Waals surface area contributed by atoms with Crippen LogP contribution in [0.5, 0.6) is 0 Å². The molecule has 18 heavy (non-hydrogen) atoms. The van der Waals surface area contributed by atoms with Gasteiger partial charge in [-0.3, -0.25) is 9.40 Å². The summed E-state index contributed by atoms with van der Waals surface area (Å²) in [6.45, 7) is 1.00. The maximum Gasteiger partial charge on any atom is 0.232 e. The number of piperidine rings is 1. The van der Waals surface area contributed by atoms with Crippen LogP contribution in [0, 0.1) is 0 Å². The van der Waals surface area contributed by atoms with Crippen molar-refractivity contribution in [2.75, 3.05) is 17.0 Å². The van der Waals surface area contributed by atoms with Crippen LogP contribution in [0.1, 0.15) is 25.7 Å². The first-order valence-electron chi connectivity index (χ1n) is 6.28. The first-order chi connectivity index (χ1) is 8.55. The molecule has 0 spiro atoms. The molecule has 1 aliphatic heterocycles. The fraction of sp³-hybridized carbons (Fsp3) is 0.727. The predicted molar refractivity (Wildman–Crippen MR) is 70.9 cm³/mol. The van der Waals surface area contributed by atoms with Crippen LogP contribution in [0.3, 0.4) is 0 Å². The molecule has 0 bridgehead atoms. The van der Waals surface area contributed by atoms with Crippen LogP contribution < -0.4 is 10.0 Å². The van der Waals surface area contributed by atoms with Crippen LogP contribution in [0.25, 0.3) is 0 Å². The van der Waals surface area contributed by atoms with E-state index in [1.54, 1.807) is 17.9 Å². The normalized spacial score (nSPS) is 20.8. The Hall–Kier alpha value is -1.08. The largest absolute Gasteiger partial charge is 0.314 e.